The zero-order valence-electron chi connectivity index (χ0n) is 14.6. The smallest absolute Gasteiger partial charge is 0.229 e. The van der Waals surface area contributed by atoms with Crippen molar-refractivity contribution in [3.05, 3.63) is 35.2 Å². The summed E-state index contributed by atoms with van der Waals surface area (Å²) in [6, 6.07) is 3.11. The highest BCUT2D eigenvalue weighted by Crippen LogP contribution is 2.28. The van der Waals surface area contributed by atoms with Crippen LogP contribution in [0.1, 0.15) is 19.8 Å². The van der Waals surface area contributed by atoms with Gasteiger partial charge in [0, 0.05) is 30.0 Å². The van der Waals surface area contributed by atoms with Gasteiger partial charge in [0.2, 0.25) is 15.9 Å². The van der Waals surface area contributed by atoms with Crippen LogP contribution in [0.3, 0.4) is 0 Å². The molecule has 146 valence electrons. The zero-order chi connectivity index (χ0) is 19.6. The highest BCUT2D eigenvalue weighted by Gasteiger charge is 2.30. The summed E-state index contributed by atoms with van der Waals surface area (Å²) in [5.41, 5.74) is 0.279. The summed E-state index contributed by atoms with van der Waals surface area (Å²) in [6.45, 7) is 2.22. The number of halogens is 2. The third-order valence-electron chi connectivity index (χ3n) is 4.52. The minimum atomic E-state index is -3.24. The van der Waals surface area contributed by atoms with Crippen LogP contribution in [-0.2, 0) is 14.8 Å². The number of nitrogens with zero attached hydrogens (tertiary/aromatic N) is 2. The van der Waals surface area contributed by atoms with Gasteiger partial charge >= 0.3 is 0 Å². The molecule has 10 heteroatoms. The monoisotopic (exact) mass is 415 g/mol. The molecule has 2 aromatic rings. The number of aromatic nitrogens is 1. The van der Waals surface area contributed by atoms with Crippen molar-refractivity contribution in [2.75, 3.05) is 24.2 Å². The molecule has 2 heterocycles. The largest absolute Gasteiger partial charge is 0.302 e. The molecule has 1 saturated heterocycles. The molecule has 1 fully saturated rings. The Morgan fingerprint density at radius 1 is 1.33 bits per heavy atom. The number of hydrogen-bond acceptors (Lipinski definition) is 5. The minimum absolute atomic E-state index is 0.0322. The molecule has 1 aliphatic rings. The molecule has 0 atom stereocenters. The second kappa shape index (κ2) is 7.99. The van der Waals surface area contributed by atoms with Crippen LogP contribution in [0.25, 0.3) is 11.3 Å². The maximum Gasteiger partial charge on any atom is 0.229 e. The predicted octanol–water partition coefficient (Wildman–Crippen LogP) is 3.09. The Balaban J connectivity index is 1.63. The SMILES string of the molecule is CCS(=O)(=O)N1CCC(C(=O)Nc2nc(-c3cc(F)ccc3F)cs2)CC1. The minimum Gasteiger partial charge on any atom is -0.302 e. The molecule has 6 nitrogen and oxygen atoms in total. The van der Waals surface area contributed by atoms with Crippen LogP contribution in [-0.4, -0.2) is 42.5 Å². The molecule has 0 aliphatic carbocycles. The number of benzene rings is 1. The van der Waals surface area contributed by atoms with Crippen LogP contribution in [0.5, 0.6) is 0 Å². The molecule has 3 rings (SSSR count). The maximum atomic E-state index is 13.8. The van der Waals surface area contributed by atoms with Crippen molar-refractivity contribution >= 4 is 32.4 Å². The third kappa shape index (κ3) is 4.50. The van der Waals surface area contributed by atoms with E-state index in [0.29, 0.717) is 31.1 Å². The van der Waals surface area contributed by atoms with Crippen LogP contribution >= 0.6 is 11.3 Å². The third-order valence-corrected chi connectivity index (χ3v) is 7.16. The van der Waals surface area contributed by atoms with E-state index in [1.165, 1.54) is 4.31 Å². The van der Waals surface area contributed by atoms with Gasteiger partial charge in [-0.15, -0.1) is 11.3 Å². The highest BCUT2D eigenvalue weighted by molar-refractivity contribution is 7.89. The molecule has 0 spiro atoms. The Kier molecular flexibility index (Phi) is 5.87. The molecule has 0 radical (unpaired) electrons. The average Bonchev–Trinajstić information content (AvgIpc) is 3.12. The molecule has 1 aromatic carbocycles. The van der Waals surface area contributed by atoms with Crippen molar-refractivity contribution in [1.29, 1.82) is 0 Å². The number of rotatable bonds is 5. The van der Waals surface area contributed by atoms with E-state index in [9.17, 15) is 22.0 Å². The normalized spacial score (nSPS) is 16.4. The molecule has 1 aliphatic heterocycles. The fraction of sp³-hybridized carbons (Fsp3) is 0.412. The molecule has 0 saturated carbocycles. The number of thiazole rings is 1. The van der Waals surface area contributed by atoms with Gasteiger partial charge in [0.15, 0.2) is 5.13 Å². The number of sulfonamides is 1. The van der Waals surface area contributed by atoms with Gasteiger partial charge in [-0.3, -0.25) is 4.79 Å². The number of nitrogens with one attached hydrogen (secondary N) is 1. The fourth-order valence-electron chi connectivity index (χ4n) is 2.93. The summed E-state index contributed by atoms with van der Waals surface area (Å²) < 4.78 is 52.3. The Hall–Kier alpha value is -1.91. The Morgan fingerprint density at radius 3 is 2.70 bits per heavy atom. The Labute approximate surface area is 160 Å². The van der Waals surface area contributed by atoms with Gasteiger partial charge in [-0.2, -0.15) is 0 Å². The van der Waals surface area contributed by atoms with E-state index in [1.807, 2.05) is 0 Å². The summed E-state index contributed by atoms with van der Waals surface area (Å²) in [5.74, 6) is -1.68. The van der Waals surface area contributed by atoms with Gasteiger partial charge in [0.1, 0.15) is 11.6 Å². The molecule has 1 amide bonds. The van der Waals surface area contributed by atoms with E-state index in [2.05, 4.69) is 10.3 Å². The zero-order valence-corrected chi connectivity index (χ0v) is 16.2. The van der Waals surface area contributed by atoms with Crippen molar-refractivity contribution in [3.63, 3.8) is 0 Å². The topological polar surface area (TPSA) is 79.4 Å². The number of carbonyl (C=O) groups excluding carboxylic acids is 1. The van der Waals surface area contributed by atoms with Crippen molar-refractivity contribution in [2.24, 2.45) is 5.92 Å². The number of amides is 1. The van der Waals surface area contributed by atoms with E-state index in [0.717, 1.165) is 29.5 Å². The van der Waals surface area contributed by atoms with Gasteiger partial charge in [-0.25, -0.2) is 26.5 Å². The Morgan fingerprint density at radius 2 is 2.04 bits per heavy atom. The van der Waals surface area contributed by atoms with E-state index in [4.69, 9.17) is 0 Å². The highest BCUT2D eigenvalue weighted by atomic mass is 32.2. The summed E-state index contributed by atoms with van der Waals surface area (Å²) in [4.78, 5) is 16.6. The lowest BCUT2D eigenvalue weighted by molar-refractivity contribution is -0.120. The first-order chi connectivity index (χ1) is 12.8. The second-order valence-corrected chi connectivity index (χ2v) is 9.34. The van der Waals surface area contributed by atoms with Crippen molar-refractivity contribution in [1.82, 2.24) is 9.29 Å². The Bertz CT molecular complexity index is 939. The molecular weight excluding hydrogens is 396 g/mol. The lowest BCUT2D eigenvalue weighted by atomic mass is 9.97. The van der Waals surface area contributed by atoms with Gasteiger partial charge < -0.3 is 5.32 Å². The first kappa shape index (κ1) is 19.8. The van der Waals surface area contributed by atoms with Gasteiger partial charge in [0.05, 0.1) is 11.4 Å². The lowest BCUT2D eigenvalue weighted by Gasteiger charge is -2.30. The molecule has 1 aromatic heterocycles. The van der Waals surface area contributed by atoms with Gasteiger partial charge in [0.25, 0.3) is 0 Å². The molecular formula is C17H19F2N3O3S2. The average molecular weight is 415 g/mol. The number of carbonyl (C=O) groups is 1. The van der Waals surface area contributed by atoms with Gasteiger partial charge in [-0.05, 0) is 38.0 Å². The van der Waals surface area contributed by atoms with E-state index >= 15 is 0 Å². The molecule has 1 N–H and O–H groups in total. The van der Waals surface area contributed by atoms with Crippen LogP contribution < -0.4 is 5.32 Å². The first-order valence-corrected chi connectivity index (χ1v) is 11.0. The standard InChI is InChI=1S/C17H19F2N3O3S2/c1-2-27(24,25)22-7-5-11(6-8-22)16(23)21-17-20-15(10-26-17)13-9-12(18)3-4-14(13)19/h3-4,9-11H,2,5-8H2,1H3,(H,20,21,23). The summed E-state index contributed by atoms with van der Waals surface area (Å²) in [7, 11) is -3.24. The first-order valence-electron chi connectivity index (χ1n) is 8.50. The van der Waals surface area contributed by atoms with Crippen molar-refractivity contribution < 1.29 is 22.0 Å². The van der Waals surface area contributed by atoms with E-state index in [-0.39, 0.29) is 28.8 Å². The van der Waals surface area contributed by atoms with Crippen LogP contribution in [0.15, 0.2) is 23.6 Å². The maximum absolute atomic E-state index is 13.8. The van der Waals surface area contributed by atoms with Gasteiger partial charge in [-0.1, -0.05) is 0 Å². The lowest BCUT2D eigenvalue weighted by Crippen LogP contribution is -2.42. The van der Waals surface area contributed by atoms with Crippen LogP contribution in [0, 0.1) is 17.6 Å². The quantitative estimate of drug-likeness (QED) is 0.814. The van der Waals surface area contributed by atoms with E-state index < -0.39 is 21.7 Å². The predicted molar refractivity (Wildman–Crippen MR) is 99.9 cm³/mol. The molecule has 27 heavy (non-hydrogen) atoms. The summed E-state index contributed by atoms with van der Waals surface area (Å²) in [5, 5.41) is 4.53. The second-order valence-electron chi connectivity index (χ2n) is 6.23. The number of hydrogen-bond donors (Lipinski definition) is 1. The number of anilines is 1. The number of piperidine rings is 1. The van der Waals surface area contributed by atoms with E-state index in [1.54, 1.807) is 12.3 Å². The summed E-state index contributed by atoms with van der Waals surface area (Å²) in [6.07, 6.45) is 0.865. The van der Waals surface area contributed by atoms with Crippen LogP contribution in [0.2, 0.25) is 0 Å². The van der Waals surface area contributed by atoms with Crippen molar-refractivity contribution in [3.8, 4) is 11.3 Å². The molecule has 0 bridgehead atoms. The molecule has 0 unspecified atom stereocenters. The summed E-state index contributed by atoms with van der Waals surface area (Å²) >= 11 is 1.12. The van der Waals surface area contributed by atoms with Crippen LogP contribution in [0.4, 0.5) is 13.9 Å². The van der Waals surface area contributed by atoms with Crippen molar-refractivity contribution in [2.45, 2.75) is 19.8 Å². The fourth-order valence-corrected chi connectivity index (χ4v) is 4.78.